The van der Waals surface area contributed by atoms with Gasteiger partial charge < -0.3 is 5.73 Å². The van der Waals surface area contributed by atoms with E-state index in [-0.39, 0.29) is 6.04 Å². The van der Waals surface area contributed by atoms with Crippen molar-refractivity contribution >= 4 is 10.9 Å². The Bertz CT molecular complexity index is 553. The van der Waals surface area contributed by atoms with Gasteiger partial charge in [-0.1, -0.05) is 43.9 Å². The van der Waals surface area contributed by atoms with Crippen LogP contribution in [0.1, 0.15) is 44.1 Å². The van der Waals surface area contributed by atoms with Crippen LogP contribution < -0.4 is 5.73 Å². The number of nitrogens with zero attached hydrogens (tertiary/aromatic N) is 1. The Kier molecular flexibility index (Phi) is 4.31. The lowest BCUT2D eigenvalue weighted by molar-refractivity contribution is 0.447. The highest BCUT2D eigenvalue weighted by molar-refractivity contribution is 5.81. The van der Waals surface area contributed by atoms with Crippen LogP contribution in [0.25, 0.3) is 10.9 Å². The van der Waals surface area contributed by atoms with Crippen LogP contribution in [-0.2, 0) is 6.42 Å². The maximum atomic E-state index is 6.35. The molecule has 1 aromatic heterocycles. The molecule has 20 heavy (non-hydrogen) atoms. The third kappa shape index (κ3) is 3.18. The minimum Gasteiger partial charge on any atom is -0.327 e. The van der Waals surface area contributed by atoms with Crippen molar-refractivity contribution in [2.24, 2.45) is 11.7 Å². The molecule has 2 N–H and O–H groups in total. The predicted molar refractivity (Wildman–Crippen MR) is 84.6 cm³/mol. The number of hydrogen-bond donors (Lipinski definition) is 1. The summed E-state index contributed by atoms with van der Waals surface area (Å²) in [6.45, 7) is 0. The van der Waals surface area contributed by atoms with Gasteiger partial charge in [0.05, 0.1) is 5.52 Å². The summed E-state index contributed by atoms with van der Waals surface area (Å²) in [5.41, 5.74) is 8.77. The fraction of sp³-hybridized carbons (Fsp3) is 0.500. The Hall–Kier alpha value is -1.41. The molecule has 2 heteroatoms. The molecule has 2 nitrogen and oxygen atoms in total. The van der Waals surface area contributed by atoms with Gasteiger partial charge in [-0.25, -0.2) is 0 Å². The zero-order valence-corrected chi connectivity index (χ0v) is 12.1. The number of aromatic nitrogens is 1. The van der Waals surface area contributed by atoms with Crippen LogP contribution in [0.2, 0.25) is 0 Å². The Labute approximate surface area is 121 Å². The summed E-state index contributed by atoms with van der Waals surface area (Å²) in [7, 11) is 0. The molecule has 1 aromatic carbocycles. The van der Waals surface area contributed by atoms with E-state index in [1.54, 1.807) is 0 Å². The Morgan fingerprint density at radius 2 is 1.95 bits per heavy atom. The fourth-order valence-electron chi connectivity index (χ4n) is 3.47. The topological polar surface area (TPSA) is 38.9 Å². The van der Waals surface area contributed by atoms with Crippen molar-refractivity contribution in [2.45, 2.75) is 51.0 Å². The molecule has 1 heterocycles. The number of fused-ring (bicyclic) bond motifs is 1. The van der Waals surface area contributed by atoms with Crippen LogP contribution in [0, 0.1) is 5.92 Å². The molecular formula is C18H24N2. The third-order valence-electron chi connectivity index (χ3n) is 4.64. The highest BCUT2D eigenvalue weighted by Crippen LogP contribution is 2.29. The van der Waals surface area contributed by atoms with Gasteiger partial charge in [-0.05, 0) is 42.9 Å². The minimum absolute atomic E-state index is 0.279. The zero-order chi connectivity index (χ0) is 13.8. The van der Waals surface area contributed by atoms with E-state index in [0.717, 1.165) is 24.3 Å². The van der Waals surface area contributed by atoms with Gasteiger partial charge in [0.2, 0.25) is 0 Å². The summed E-state index contributed by atoms with van der Waals surface area (Å²) >= 11 is 0. The molecule has 0 amide bonds. The number of para-hydroxylation sites is 1. The molecule has 1 unspecified atom stereocenters. The summed E-state index contributed by atoms with van der Waals surface area (Å²) in [5, 5.41) is 1.26. The molecule has 0 spiro atoms. The van der Waals surface area contributed by atoms with Crippen molar-refractivity contribution < 1.29 is 0 Å². The third-order valence-corrected chi connectivity index (χ3v) is 4.64. The highest BCUT2D eigenvalue weighted by atomic mass is 14.7. The van der Waals surface area contributed by atoms with Gasteiger partial charge in [-0.3, -0.25) is 4.98 Å². The van der Waals surface area contributed by atoms with E-state index in [1.165, 1.54) is 43.1 Å². The second kappa shape index (κ2) is 6.36. The van der Waals surface area contributed by atoms with Gasteiger partial charge in [-0.2, -0.15) is 0 Å². The van der Waals surface area contributed by atoms with Crippen LogP contribution in [0.5, 0.6) is 0 Å². The number of rotatable bonds is 5. The quantitative estimate of drug-likeness (QED) is 0.887. The number of nitrogens with two attached hydrogens (primary N) is 1. The molecule has 1 atom stereocenters. The molecule has 1 fully saturated rings. The average Bonchev–Trinajstić information content (AvgIpc) is 2.99. The second-order valence-corrected chi connectivity index (χ2v) is 6.18. The number of hydrogen-bond acceptors (Lipinski definition) is 2. The average molecular weight is 268 g/mol. The van der Waals surface area contributed by atoms with Crippen LogP contribution in [0.3, 0.4) is 0 Å². The normalized spacial score (nSPS) is 17.6. The fourth-order valence-corrected chi connectivity index (χ4v) is 3.47. The van der Waals surface area contributed by atoms with Gasteiger partial charge >= 0.3 is 0 Å². The molecule has 0 aliphatic heterocycles. The SMILES string of the molecule is NC(CCC1CCCC1)Cc1ccnc2ccccc12. The molecule has 0 bridgehead atoms. The van der Waals surface area contributed by atoms with Crippen molar-refractivity contribution in [1.29, 1.82) is 0 Å². The maximum absolute atomic E-state index is 6.35. The molecule has 2 aromatic rings. The molecule has 3 rings (SSSR count). The van der Waals surface area contributed by atoms with Gasteiger partial charge in [0.1, 0.15) is 0 Å². The summed E-state index contributed by atoms with van der Waals surface area (Å²) < 4.78 is 0. The predicted octanol–water partition coefficient (Wildman–Crippen LogP) is 4.08. The molecular weight excluding hydrogens is 244 g/mol. The summed E-state index contributed by atoms with van der Waals surface area (Å²) in [4.78, 5) is 4.42. The van der Waals surface area contributed by atoms with Gasteiger partial charge in [0.25, 0.3) is 0 Å². The van der Waals surface area contributed by atoms with Gasteiger partial charge in [0.15, 0.2) is 0 Å². The first-order chi connectivity index (χ1) is 9.83. The van der Waals surface area contributed by atoms with E-state index in [2.05, 4.69) is 29.2 Å². The van der Waals surface area contributed by atoms with E-state index in [9.17, 15) is 0 Å². The van der Waals surface area contributed by atoms with Gasteiger partial charge in [-0.15, -0.1) is 0 Å². The Morgan fingerprint density at radius 3 is 2.80 bits per heavy atom. The van der Waals surface area contributed by atoms with E-state index >= 15 is 0 Å². The monoisotopic (exact) mass is 268 g/mol. The summed E-state index contributed by atoms with van der Waals surface area (Å²) in [6, 6.07) is 10.8. The second-order valence-electron chi connectivity index (χ2n) is 6.18. The van der Waals surface area contributed by atoms with Crippen LogP contribution in [0.4, 0.5) is 0 Å². The minimum atomic E-state index is 0.279. The first-order valence-electron chi connectivity index (χ1n) is 7.91. The standard InChI is InChI=1S/C18H24N2/c19-16(10-9-14-5-1-2-6-14)13-15-11-12-20-18-8-4-3-7-17(15)18/h3-4,7-8,11-12,14,16H,1-2,5-6,9-10,13,19H2. The van der Waals surface area contributed by atoms with Crippen LogP contribution in [0.15, 0.2) is 36.5 Å². The van der Waals surface area contributed by atoms with E-state index < -0.39 is 0 Å². The molecule has 1 saturated carbocycles. The molecule has 1 aliphatic rings. The van der Waals surface area contributed by atoms with Crippen LogP contribution >= 0.6 is 0 Å². The zero-order valence-electron chi connectivity index (χ0n) is 12.1. The number of pyridine rings is 1. The van der Waals surface area contributed by atoms with Crippen molar-refractivity contribution in [1.82, 2.24) is 4.98 Å². The Morgan fingerprint density at radius 1 is 1.15 bits per heavy atom. The van der Waals surface area contributed by atoms with E-state index in [0.29, 0.717) is 0 Å². The Balaban J connectivity index is 1.63. The summed E-state index contributed by atoms with van der Waals surface area (Å²) in [5.74, 6) is 0.940. The largest absolute Gasteiger partial charge is 0.327 e. The van der Waals surface area contributed by atoms with Crippen molar-refractivity contribution in [3.05, 3.63) is 42.1 Å². The van der Waals surface area contributed by atoms with E-state index in [4.69, 9.17) is 5.73 Å². The van der Waals surface area contributed by atoms with Crippen molar-refractivity contribution in [3.63, 3.8) is 0 Å². The smallest absolute Gasteiger partial charge is 0.0704 e. The lowest BCUT2D eigenvalue weighted by atomic mass is 9.94. The first-order valence-corrected chi connectivity index (χ1v) is 7.91. The molecule has 1 aliphatic carbocycles. The highest BCUT2D eigenvalue weighted by Gasteiger charge is 2.16. The van der Waals surface area contributed by atoms with Crippen LogP contribution in [-0.4, -0.2) is 11.0 Å². The first kappa shape index (κ1) is 13.6. The van der Waals surface area contributed by atoms with Crippen molar-refractivity contribution in [2.75, 3.05) is 0 Å². The number of benzene rings is 1. The van der Waals surface area contributed by atoms with Crippen molar-refractivity contribution in [3.8, 4) is 0 Å². The van der Waals surface area contributed by atoms with Gasteiger partial charge in [0, 0.05) is 17.6 Å². The van der Waals surface area contributed by atoms with E-state index in [1.807, 2.05) is 12.3 Å². The maximum Gasteiger partial charge on any atom is 0.0704 e. The molecule has 106 valence electrons. The lowest BCUT2D eigenvalue weighted by Gasteiger charge is -2.15. The summed E-state index contributed by atoms with van der Waals surface area (Å²) in [6.07, 6.45) is 11.0. The molecule has 0 radical (unpaired) electrons. The molecule has 0 saturated heterocycles. The lowest BCUT2D eigenvalue weighted by Crippen LogP contribution is -2.23.